The zero-order valence-corrected chi connectivity index (χ0v) is 13.1. The van der Waals surface area contributed by atoms with E-state index in [0.29, 0.717) is 16.7 Å². The molecule has 0 radical (unpaired) electrons. The fourth-order valence-electron chi connectivity index (χ4n) is 1.94. The van der Waals surface area contributed by atoms with E-state index in [9.17, 15) is 4.39 Å². The zero-order chi connectivity index (χ0) is 15.2. The molecule has 0 saturated heterocycles. The molecule has 4 nitrogen and oxygen atoms in total. The molecular weight excluding hydrogens is 287 g/mol. The van der Waals surface area contributed by atoms with E-state index in [0.717, 1.165) is 12.1 Å². The standard InChI is InChI=1S/C15H21FN4S/c1-11(2)20-8-7-12(19-20)9-13(18-17)10-21-15-6-4-3-5-14(15)16/h3-8,11,13,18H,9-10,17H2,1-2H3. The molecule has 2 aromatic rings. The van der Waals surface area contributed by atoms with Gasteiger partial charge in [0.1, 0.15) is 5.82 Å². The van der Waals surface area contributed by atoms with E-state index in [-0.39, 0.29) is 11.9 Å². The Morgan fingerprint density at radius 2 is 2.10 bits per heavy atom. The first-order chi connectivity index (χ1) is 10.1. The van der Waals surface area contributed by atoms with Gasteiger partial charge >= 0.3 is 0 Å². The average molecular weight is 308 g/mol. The van der Waals surface area contributed by atoms with Crippen LogP contribution in [0, 0.1) is 5.82 Å². The molecule has 0 saturated carbocycles. The van der Waals surface area contributed by atoms with Gasteiger partial charge in [-0.05, 0) is 32.0 Å². The third kappa shape index (κ3) is 4.56. The van der Waals surface area contributed by atoms with Gasteiger partial charge in [-0.3, -0.25) is 16.0 Å². The van der Waals surface area contributed by atoms with Crippen molar-refractivity contribution in [3.63, 3.8) is 0 Å². The highest BCUT2D eigenvalue weighted by atomic mass is 32.2. The molecule has 0 fully saturated rings. The summed E-state index contributed by atoms with van der Waals surface area (Å²) in [6.07, 6.45) is 2.69. The van der Waals surface area contributed by atoms with Gasteiger partial charge in [-0.2, -0.15) is 5.10 Å². The van der Waals surface area contributed by atoms with E-state index in [1.807, 2.05) is 23.0 Å². The Balaban J connectivity index is 1.92. The van der Waals surface area contributed by atoms with E-state index >= 15 is 0 Å². The molecule has 0 aliphatic carbocycles. The molecule has 114 valence electrons. The summed E-state index contributed by atoms with van der Waals surface area (Å²) in [5.41, 5.74) is 3.77. The van der Waals surface area contributed by atoms with Crippen molar-refractivity contribution >= 4 is 11.8 Å². The summed E-state index contributed by atoms with van der Waals surface area (Å²) < 4.78 is 15.5. The molecule has 1 atom stereocenters. The van der Waals surface area contributed by atoms with Crippen LogP contribution in [0.3, 0.4) is 0 Å². The lowest BCUT2D eigenvalue weighted by Crippen LogP contribution is -2.38. The third-order valence-corrected chi connectivity index (χ3v) is 4.37. The molecule has 1 unspecified atom stereocenters. The number of rotatable bonds is 7. The lowest BCUT2D eigenvalue weighted by molar-refractivity contribution is 0.513. The summed E-state index contributed by atoms with van der Waals surface area (Å²) >= 11 is 1.46. The minimum Gasteiger partial charge on any atom is -0.271 e. The number of aromatic nitrogens is 2. The number of thioether (sulfide) groups is 1. The van der Waals surface area contributed by atoms with Crippen LogP contribution in [0.15, 0.2) is 41.4 Å². The van der Waals surface area contributed by atoms with Crippen LogP contribution in [0.25, 0.3) is 0 Å². The summed E-state index contributed by atoms with van der Waals surface area (Å²) in [5, 5.41) is 4.51. The van der Waals surface area contributed by atoms with Gasteiger partial charge in [0.05, 0.1) is 5.69 Å². The Morgan fingerprint density at radius 1 is 1.33 bits per heavy atom. The Morgan fingerprint density at radius 3 is 2.71 bits per heavy atom. The number of nitrogens with zero attached hydrogens (tertiary/aromatic N) is 2. The van der Waals surface area contributed by atoms with Crippen LogP contribution in [0.1, 0.15) is 25.6 Å². The number of benzene rings is 1. The summed E-state index contributed by atoms with van der Waals surface area (Å²) in [7, 11) is 0. The van der Waals surface area contributed by atoms with Crippen molar-refractivity contribution in [3.8, 4) is 0 Å². The number of hydrogen-bond donors (Lipinski definition) is 2. The van der Waals surface area contributed by atoms with Crippen LogP contribution in [-0.4, -0.2) is 21.6 Å². The van der Waals surface area contributed by atoms with Crippen LogP contribution in [-0.2, 0) is 6.42 Å². The molecule has 0 bridgehead atoms. The van der Waals surface area contributed by atoms with Gasteiger partial charge in [-0.1, -0.05) is 12.1 Å². The smallest absolute Gasteiger partial charge is 0.136 e. The molecule has 0 aliphatic rings. The Bertz CT molecular complexity index is 570. The number of halogens is 1. The molecule has 21 heavy (non-hydrogen) atoms. The van der Waals surface area contributed by atoms with Crippen molar-refractivity contribution in [1.82, 2.24) is 15.2 Å². The quantitative estimate of drug-likeness (QED) is 0.469. The molecule has 6 heteroatoms. The Labute approximate surface area is 128 Å². The minimum atomic E-state index is -0.192. The molecule has 1 aromatic heterocycles. The second-order valence-corrected chi connectivity index (χ2v) is 6.25. The van der Waals surface area contributed by atoms with E-state index in [1.54, 1.807) is 12.1 Å². The average Bonchev–Trinajstić information content (AvgIpc) is 2.93. The van der Waals surface area contributed by atoms with E-state index in [4.69, 9.17) is 5.84 Å². The summed E-state index contributed by atoms with van der Waals surface area (Å²) in [5.74, 6) is 6.09. The van der Waals surface area contributed by atoms with Crippen LogP contribution >= 0.6 is 11.8 Å². The van der Waals surface area contributed by atoms with Gasteiger partial charge in [-0.25, -0.2) is 4.39 Å². The van der Waals surface area contributed by atoms with Gasteiger partial charge in [0.25, 0.3) is 0 Å². The van der Waals surface area contributed by atoms with Crippen LogP contribution in [0.2, 0.25) is 0 Å². The first kappa shape index (κ1) is 16.0. The maximum atomic E-state index is 13.6. The molecule has 0 spiro atoms. The summed E-state index contributed by atoms with van der Waals surface area (Å²) in [6, 6.07) is 9.16. The van der Waals surface area contributed by atoms with Gasteiger partial charge < -0.3 is 0 Å². The lowest BCUT2D eigenvalue weighted by atomic mass is 10.2. The maximum absolute atomic E-state index is 13.6. The topological polar surface area (TPSA) is 55.9 Å². The predicted molar refractivity (Wildman–Crippen MR) is 84.6 cm³/mol. The second-order valence-electron chi connectivity index (χ2n) is 5.19. The Kier molecular flexibility index (Phi) is 5.78. The van der Waals surface area contributed by atoms with Gasteiger partial charge in [0.15, 0.2) is 0 Å². The first-order valence-corrected chi connectivity index (χ1v) is 7.96. The van der Waals surface area contributed by atoms with Gasteiger partial charge in [-0.15, -0.1) is 11.8 Å². The van der Waals surface area contributed by atoms with E-state index in [1.165, 1.54) is 17.8 Å². The highest BCUT2D eigenvalue weighted by Gasteiger charge is 2.12. The Hall–Kier alpha value is -1.37. The largest absolute Gasteiger partial charge is 0.271 e. The van der Waals surface area contributed by atoms with Crippen LogP contribution in [0.4, 0.5) is 4.39 Å². The number of hydrazine groups is 1. The fourth-order valence-corrected chi connectivity index (χ4v) is 2.92. The van der Waals surface area contributed by atoms with Gasteiger partial charge in [0, 0.05) is 35.3 Å². The first-order valence-electron chi connectivity index (χ1n) is 6.97. The lowest BCUT2D eigenvalue weighted by Gasteiger charge is -2.14. The normalized spacial score (nSPS) is 12.8. The van der Waals surface area contributed by atoms with Crippen LogP contribution < -0.4 is 11.3 Å². The molecule has 0 aliphatic heterocycles. The highest BCUT2D eigenvalue weighted by molar-refractivity contribution is 7.99. The van der Waals surface area contributed by atoms with Crippen molar-refractivity contribution in [3.05, 3.63) is 48.0 Å². The number of hydrogen-bond acceptors (Lipinski definition) is 4. The molecule has 0 amide bonds. The van der Waals surface area contributed by atoms with Crippen molar-refractivity contribution in [1.29, 1.82) is 0 Å². The fraction of sp³-hybridized carbons (Fsp3) is 0.400. The second kappa shape index (κ2) is 7.59. The predicted octanol–water partition coefficient (Wildman–Crippen LogP) is 2.77. The van der Waals surface area contributed by atoms with E-state index in [2.05, 4.69) is 24.4 Å². The summed E-state index contributed by atoms with van der Waals surface area (Å²) in [6.45, 7) is 4.17. The van der Waals surface area contributed by atoms with Gasteiger partial charge in [0.2, 0.25) is 0 Å². The van der Waals surface area contributed by atoms with Crippen molar-refractivity contribution < 1.29 is 4.39 Å². The highest BCUT2D eigenvalue weighted by Crippen LogP contribution is 2.22. The monoisotopic (exact) mass is 308 g/mol. The maximum Gasteiger partial charge on any atom is 0.136 e. The molecule has 2 rings (SSSR count). The van der Waals surface area contributed by atoms with E-state index < -0.39 is 0 Å². The SMILES string of the molecule is CC(C)n1ccc(CC(CSc2ccccc2F)NN)n1. The number of nitrogens with two attached hydrogens (primary N) is 1. The zero-order valence-electron chi connectivity index (χ0n) is 12.3. The molecule has 1 heterocycles. The molecular formula is C15H21FN4S. The molecule has 3 N–H and O–H groups in total. The van der Waals surface area contributed by atoms with Crippen molar-refractivity contribution in [2.24, 2.45) is 5.84 Å². The van der Waals surface area contributed by atoms with Crippen LogP contribution in [0.5, 0.6) is 0 Å². The summed E-state index contributed by atoms with van der Waals surface area (Å²) in [4.78, 5) is 0.644. The minimum absolute atomic E-state index is 0.0464. The van der Waals surface area contributed by atoms with Crippen molar-refractivity contribution in [2.75, 3.05) is 5.75 Å². The third-order valence-electron chi connectivity index (χ3n) is 3.16. The number of nitrogens with one attached hydrogen (secondary N) is 1. The molecule has 1 aromatic carbocycles. The van der Waals surface area contributed by atoms with Crippen molar-refractivity contribution in [2.45, 2.75) is 37.2 Å².